The Morgan fingerprint density at radius 3 is 3.00 bits per heavy atom. The van der Waals surface area contributed by atoms with Crippen LogP contribution in [0.25, 0.3) is 0 Å². The lowest BCUT2D eigenvalue weighted by atomic mass is 10.0. The molecular formula is C14H21FN2. The highest BCUT2D eigenvalue weighted by Crippen LogP contribution is 2.18. The number of benzene rings is 1. The third-order valence-corrected chi connectivity index (χ3v) is 3.52. The Morgan fingerprint density at radius 2 is 2.35 bits per heavy atom. The fraction of sp³-hybridized carbons (Fsp3) is 0.571. The number of anilines is 1. The summed E-state index contributed by atoms with van der Waals surface area (Å²) in [6.45, 7) is 6.37. The Morgan fingerprint density at radius 1 is 1.47 bits per heavy atom. The summed E-state index contributed by atoms with van der Waals surface area (Å²) in [4.78, 5) is 2.25. The van der Waals surface area contributed by atoms with Crippen LogP contribution in [0.4, 0.5) is 10.1 Å². The van der Waals surface area contributed by atoms with E-state index < -0.39 is 0 Å². The normalized spacial score (nSPS) is 19.5. The van der Waals surface area contributed by atoms with Crippen molar-refractivity contribution < 1.29 is 4.39 Å². The Labute approximate surface area is 103 Å². The van der Waals surface area contributed by atoms with Crippen molar-refractivity contribution in [3.63, 3.8) is 0 Å². The van der Waals surface area contributed by atoms with Gasteiger partial charge in [-0.1, -0.05) is 6.07 Å². The van der Waals surface area contributed by atoms with Gasteiger partial charge in [0.05, 0.1) is 0 Å². The Kier molecular flexibility index (Phi) is 4.37. The average Bonchev–Trinajstić information content (AvgIpc) is 2.83. The van der Waals surface area contributed by atoms with Crippen molar-refractivity contribution in [3.05, 3.63) is 30.1 Å². The quantitative estimate of drug-likeness (QED) is 0.845. The second-order valence-corrected chi connectivity index (χ2v) is 4.71. The average molecular weight is 236 g/mol. The highest BCUT2D eigenvalue weighted by Gasteiger charge is 2.15. The SMILES string of the molecule is CCN(CCC1CCNC1)c1cccc(F)c1. The number of nitrogens with zero attached hydrogens (tertiary/aromatic N) is 1. The van der Waals surface area contributed by atoms with Gasteiger partial charge in [0.25, 0.3) is 0 Å². The smallest absolute Gasteiger partial charge is 0.125 e. The first-order chi connectivity index (χ1) is 8.29. The topological polar surface area (TPSA) is 15.3 Å². The lowest BCUT2D eigenvalue weighted by Crippen LogP contribution is -2.26. The van der Waals surface area contributed by atoms with E-state index >= 15 is 0 Å². The van der Waals surface area contributed by atoms with E-state index in [4.69, 9.17) is 0 Å². The molecule has 0 spiro atoms. The molecule has 1 N–H and O–H groups in total. The summed E-state index contributed by atoms with van der Waals surface area (Å²) in [5, 5.41) is 3.38. The lowest BCUT2D eigenvalue weighted by Gasteiger charge is -2.24. The molecule has 0 bridgehead atoms. The van der Waals surface area contributed by atoms with Crippen molar-refractivity contribution in [2.75, 3.05) is 31.1 Å². The van der Waals surface area contributed by atoms with E-state index in [-0.39, 0.29) is 5.82 Å². The first-order valence-electron chi connectivity index (χ1n) is 6.51. The molecule has 1 fully saturated rings. The second kappa shape index (κ2) is 6.01. The van der Waals surface area contributed by atoms with Gasteiger partial charge in [-0.05, 0) is 57.0 Å². The molecule has 1 aromatic carbocycles. The van der Waals surface area contributed by atoms with Gasteiger partial charge in [-0.2, -0.15) is 0 Å². The lowest BCUT2D eigenvalue weighted by molar-refractivity contribution is 0.527. The number of halogens is 1. The molecule has 0 radical (unpaired) electrons. The fourth-order valence-electron chi connectivity index (χ4n) is 2.44. The maximum Gasteiger partial charge on any atom is 0.125 e. The van der Waals surface area contributed by atoms with Gasteiger partial charge in [-0.3, -0.25) is 0 Å². The highest BCUT2D eigenvalue weighted by molar-refractivity contribution is 5.46. The van der Waals surface area contributed by atoms with Crippen molar-refractivity contribution in [1.29, 1.82) is 0 Å². The van der Waals surface area contributed by atoms with Gasteiger partial charge in [-0.25, -0.2) is 4.39 Å². The molecule has 0 amide bonds. The monoisotopic (exact) mass is 236 g/mol. The van der Waals surface area contributed by atoms with E-state index in [1.807, 2.05) is 6.07 Å². The zero-order chi connectivity index (χ0) is 12.1. The molecule has 2 nitrogen and oxygen atoms in total. The molecule has 3 heteroatoms. The molecule has 1 heterocycles. The zero-order valence-electron chi connectivity index (χ0n) is 10.5. The number of hydrogen-bond donors (Lipinski definition) is 1. The first kappa shape index (κ1) is 12.4. The van der Waals surface area contributed by atoms with Crippen LogP contribution in [0.2, 0.25) is 0 Å². The molecule has 0 aromatic heterocycles. The van der Waals surface area contributed by atoms with Gasteiger partial charge < -0.3 is 10.2 Å². The molecule has 17 heavy (non-hydrogen) atoms. The maximum absolute atomic E-state index is 13.2. The highest BCUT2D eigenvalue weighted by atomic mass is 19.1. The standard InChI is InChI=1S/C14H21FN2/c1-2-17(9-7-12-6-8-16-11-12)14-5-3-4-13(15)10-14/h3-5,10,12,16H,2,6-9,11H2,1H3. The molecule has 1 saturated heterocycles. The van der Waals surface area contributed by atoms with Crippen LogP contribution in [-0.2, 0) is 0 Å². The van der Waals surface area contributed by atoms with Crippen molar-refractivity contribution in [2.24, 2.45) is 5.92 Å². The Hall–Kier alpha value is -1.09. The van der Waals surface area contributed by atoms with E-state index in [9.17, 15) is 4.39 Å². The molecule has 0 saturated carbocycles. The van der Waals surface area contributed by atoms with Gasteiger partial charge in [0.2, 0.25) is 0 Å². The molecule has 1 aromatic rings. The maximum atomic E-state index is 13.2. The van der Waals surface area contributed by atoms with Gasteiger partial charge in [0.1, 0.15) is 5.82 Å². The van der Waals surface area contributed by atoms with Gasteiger partial charge in [-0.15, -0.1) is 0 Å². The molecule has 94 valence electrons. The van der Waals surface area contributed by atoms with Crippen LogP contribution in [0.5, 0.6) is 0 Å². The van der Waals surface area contributed by atoms with Crippen LogP contribution >= 0.6 is 0 Å². The third-order valence-electron chi connectivity index (χ3n) is 3.52. The summed E-state index contributed by atoms with van der Waals surface area (Å²) in [6, 6.07) is 6.89. The van der Waals surface area contributed by atoms with Crippen molar-refractivity contribution >= 4 is 5.69 Å². The minimum atomic E-state index is -0.150. The molecule has 1 unspecified atom stereocenters. The number of rotatable bonds is 5. The molecule has 1 atom stereocenters. The van der Waals surface area contributed by atoms with Gasteiger partial charge in [0, 0.05) is 18.8 Å². The fourth-order valence-corrected chi connectivity index (χ4v) is 2.44. The summed E-state index contributed by atoms with van der Waals surface area (Å²) in [6.07, 6.45) is 2.47. The minimum Gasteiger partial charge on any atom is -0.372 e. The Balaban J connectivity index is 1.91. The summed E-state index contributed by atoms with van der Waals surface area (Å²) in [7, 11) is 0. The second-order valence-electron chi connectivity index (χ2n) is 4.71. The summed E-state index contributed by atoms with van der Waals surface area (Å²) >= 11 is 0. The van der Waals surface area contributed by atoms with Crippen LogP contribution in [0.15, 0.2) is 24.3 Å². The summed E-state index contributed by atoms with van der Waals surface area (Å²) in [5.41, 5.74) is 0.999. The van der Waals surface area contributed by atoms with E-state index in [2.05, 4.69) is 17.1 Å². The predicted octanol–water partition coefficient (Wildman–Crippen LogP) is 2.65. The molecule has 2 rings (SSSR count). The largest absolute Gasteiger partial charge is 0.372 e. The Bertz CT molecular complexity index is 348. The van der Waals surface area contributed by atoms with E-state index in [1.165, 1.54) is 18.9 Å². The number of hydrogen-bond acceptors (Lipinski definition) is 2. The first-order valence-corrected chi connectivity index (χ1v) is 6.51. The third kappa shape index (κ3) is 3.43. The van der Waals surface area contributed by atoms with Crippen LogP contribution < -0.4 is 10.2 Å². The van der Waals surface area contributed by atoms with Crippen LogP contribution in [-0.4, -0.2) is 26.2 Å². The summed E-state index contributed by atoms with van der Waals surface area (Å²) < 4.78 is 13.2. The predicted molar refractivity (Wildman–Crippen MR) is 69.9 cm³/mol. The summed E-state index contributed by atoms with van der Waals surface area (Å²) in [5.74, 6) is 0.640. The van der Waals surface area contributed by atoms with Crippen molar-refractivity contribution in [3.8, 4) is 0 Å². The van der Waals surface area contributed by atoms with Crippen molar-refractivity contribution in [1.82, 2.24) is 5.32 Å². The molecule has 0 aliphatic carbocycles. The van der Waals surface area contributed by atoms with E-state index in [0.717, 1.165) is 37.8 Å². The van der Waals surface area contributed by atoms with Crippen molar-refractivity contribution in [2.45, 2.75) is 19.8 Å². The number of nitrogens with one attached hydrogen (secondary N) is 1. The molecular weight excluding hydrogens is 215 g/mol. The van der Waals surface area contributed by atoms with E-state index in [0.29, 0.717) is 0 Å². The van der Waals surface area contributed by atoms with E-state index in [1.54, 1.807) is 12.1 Å². The van der Waals surface area contributed by atoms with Crippen LogP contribution in [0.1, 0.15) is 19.8 Å². The zero-order valence-corrected chi connectivity index (χ0v) is 10.5. The minimum absolute atomic E-state index is 0.150. The van der Waals surface area contributed by atoms with Gasteiger partial charge in [0.15, 0.2) is 0 Å². The van der Waals surface area contributed by atoms with Gasteiger partial charge >= 0.3 is 0 Å². The van der Waals surface area contributed by atoms with Crippen LogP contribution in [0, 0.1) is 11.7 Å². The van der Waals surface area contributed by atoms with Crippen LogP contribution in [0.3, 0.4) is 0 Å². The molecule has 1 aliphatic heterocycles. The molecule has 1 aliphatic rings.